The second-order valence-electron chi connectivity index (χ2n) is 10.1. The number of carbonyl (C=O) groups excluding carboxylic acids is 2. The number of carbonyl (C=O) groups is 2. The molecule has 0 atom stereocenters. The zero-order valence-electron chi connectivity index (χ0n) is 21.9. The number of urea groups is 1. The number of halogens is 2. The summed E-state index contributed by atoms with van der Waals surface area (Å²) < 4.78 is 33.1. The van der Waals surface area contributed by atoms with Gasteiger partial charge in [-0.3, -0.25) is 0 Å². The summed E-state index contributed by atoms with van der Waals surface area (Å²) in [7, 11) is -3.78. The normalized spacial score (nSPS) is 17.1. The molecule has 3 rings (SSSR count). The van der Waals surface area contributed by atoms with Gasteiger partial charge in [0.2, 0.25) is 10.0 Å². The topological polar surface area (TPSA) is 117 Å². The Morgan fingerprint density at radius 2 is 1.53 bits per heavy atom. The van der Waals surface area contributed by atoms with Crippen molar-refractivity contribution >= 4 is 45.3 Å². The average Bonchev–Trinajstić information content (AvgIpc) is 2.88. The minimum Gasteiger partial charge on any atom is -0.448 e. The van der Waals surface area contributed by atoms with Gasteiger partial charge in [-0.1, -0.05) is 61.7 Å². The van der Waals surface area contributed by atoms with Gasteiger partial charge >= 0.3 is 12.1 Å². The van der Waals surface area contributed by atoms with Gasteiger partial charge in [-0.2, -0.15) is 0 Å². The zero-order chi connectivity index (χ0) is 27.4. The molecule has 214 valence electrons. The van der Waals surface area contributed by atoms with Crippen molar-refractivity contribution in [3.8, 4) is 0 Å². The van der Waals surface area contributed by atoms with Crippen LogP contribution in [0.4, 0.5) is 9.59 Å². The number of alkyl carbamates (subject to hydrolysis) is 1. The summed E-state index contributed by atoms with van der Waals surface area (Å²) in [5.74, 6) is 0. The molecule has 0 aromatic heterocycles. The van der Waals surface area contributed by atoms with Crippen molar-refractivity contribution in [3.05, 3.63) is 28.2 Å². The number of benzene rings is 1. The molecule has 2 fully saturated rings. The van der Waals surface area contributed by atoms with Crippen molar-refractivity contribution in [2.75, 3.05) is 26.2 Å². The van der Waals surface area contributed by atoms with Crippen LogP contribution in [-0.2, 0) is 14.8 Å². The van der Waals surface area contributed by atoms with E-state index >= 15 is 0 Å². The Hall–Kier alpha value is -1.75. The molecule has 0 heterocycles. The van der Waals surface area contributed by atoms with Gasteiger partial charge in [0.1, 0.15) is 11.5 Å². The maximum atomic E-state index is 13.0. The molecular weight excluding hydrogens is 551 g/mol. The van der Waals surface area contributed by atoms with Crippen molar-refractivity contribution in [3.63, 3.8) is 0 Å². The van der Waals surface area contributed by atoms with Crippen LogP contribution in [0.3, 0.4) is 0 Å². The summed E-state index contributed by atoms with van der Waals surface area (Å²) in [6, 6.07) is 4.37. The summed E-state index contributed by atoms with van der Waals surface area (Å²) in [5, 5.41) is 6.45. The Labute approximate surface area is 236 Å². The van der Waals surface area contributed by atoms with E-state index in [2.05, 4.69) is 15.4 Å². The second kappa shape index (κ2) is 15.7. The number of unbranched alkanes of at least 4 members (excludes halogenated alkanes) is 1. The molecule has 38 heavy (non-hydrogen) atoms. The molecule has 0 bridgehead atoms. The molecular formula is C26H40Cl2N4O5S. The highest BCUT2D eigenvalue weighted by Crippen LogP contribution is 2.25. The number of hydrogen-bond donors (Lipinski definition) is 3. The van der Waals surface area contributed by atoms with Crippen molar-refractivity contribution < 1.29 is 22.7 Å². The summed E-state index contributed by atoms with van der Waals surface area (Å²) in [4.78, 5) is 26.8. The minimum absolute atomic E-state index is 0.0271. The summed E-state index contributed by atoms with van der Waals surface area (Å²) in [5.41, 5.74) is 0. The number of amides is 3. The van der Waals surface area contributed by atoms with E-state index in [-0.39, 0.29) is 47.7 Å². The fourth-order valence-corrected chi connectivity index (χ4v) is 6.78. The van der Waals surface area contributed by atoms with Crippen LogP contribution < -0.4 is 15.4 Å². The van der Waals surface area contributed by atoms with Crippen molar-refractivity contribution in [2.24, 2.45) is 0 Å². The van der Waals surface area contributed by atoms with Crippen LogP contribution in [0.1, 0.15) is 77.0 Å². The molecule has 1 aromatic carbocycles. The zero-order valence-corrected chi connectivity index (χ0v) is 24.2. The molecule has 0 aliphatic heterocycles. The van der Waals surface area contributed by atoms with E-state index < -0.39 is 16.1 Å². The third kappa shape index (κ3) is 10.4. The number of rotatable bonds is 12. The summed E-state index contributed by atoms with van der Waals surface area (Å²) in [6.07, 6.45) is 11.4. The Balaban J connectivity index is 1.45. The van der Waals surface area contributed by atoms with E-state index in [9.17, 15) is 18.0 Å². The maximum Gasteiger partial charge on any atom is 0.407 e. The van der Waals surface area contributed by atoms with E-state index in [1.165, 1.54) is 31.0 Å². The van der Waals surface area contributed by atoms with Crippen molar-refractivity contribution in [1.29, 1.82) is 0 Å². The van der Waals surface area contributed by atoms with Crippen molar-refractivity contribution in [2.45, 2.75) is 94.0 Å². The molecule has 3 amide bonds. The predicted molar refractivity (Wildman–Crippen MR) is 149 cm³/mol. The van der Waals surface area contributed by atoms with Crippen molar-refractivity contribution in [1.82, 2.24) is 20.3 Å². The monoisotopic (exact) mass is 590 g/mol. The number of nitrogens with zero attached hydrogens (tertiary/aromatic N) is 1. The van der Waals surface area contributed by atoms with E-state index in [4.69, 9.17) is 27.9 Å². The Kier molecular flexibility index (Phi) is 12.8. The molecule has 9 nitrogen and oxygen atoms in total. The average molecular weight is 592 g/mol. The Morgan fingerprint density at radius 1 is 0.895 bits per heavy atom. The quantitative estimate of drug-likeness (QED) is 0.280. The number of ether oxygens (including phenoxy) is 1. The molecule has 2 aliphatic carbocycles. The highest BCUT2D eigenvalue weighted by molar-refractivity contribution is 7.89. The van der Waals surface area contributed by atoms with Gasteiger partial charge < -0.3 is 20.3 Å². The summed E-state index contributed by atoms with van der Waals surface area (Å²) >= 11 is 11.9. The third-order valence-corrected chi connectivity index (χ3v) is 9.25. The summed E-state index contributed by atoms with van der Waals surface area (Å²) in [6.45, 7) is 0.969. The van der Waals surface area contributed by atoms with Gasteiger partial charge in [0, 0.05) is 30.2 Å². The van der Waals surface area contributed by atoms with Gasteiger partial charge in [0.05, 0.1) is 11.6 Å². The lowest BCUT2D eigenvalue weighted by atomic mass is 9.96. The lowest BCUT2D eigenvalue weighted by Crippen LogP contribution is -2.47. The molecule has 0 unspecified atom stereocenters. The molecule has 12 heteroatoms. The van der Waals surface area contributed by atoms with E-state index in [1.807, 2.05) is 0 Å². The lowest BCUT2D eigenvalue weighted by molar-refractivity contribution is 0.123. The molecule has 0 radical (unpaired) electrons. The predicted octanol–water partition coefficient (Wildman–Crippen LogP) is 5.46. The van der Waals surface area contributed by atoms with Crippen LogP contribution in [-0.4, -0.2) is 63.8 Å². The molecule has 1 aromatic rings. The Bertz CT molecular complexity index is 1010. The highest BCUT2D eigenvalue weighted by Gasteiger charge is 2.22. The highest BCUT2D eigenvalue weighted by atomic mass is 35.5. The lowest BCUT2D eigenvalue weighted by Gasteiger charge is -2.28. The standard InChI is InChI=1S/C26H40Cl2N4O5S/c27-20-13-14-24(23(28)19-20)38(35,36)29-15-7-8-16-32(25(33)30-21-9-3-1-4-10-21)17-18-37-26(34)31-22-11-5-2-6-12-22/h13-14,19,21-22,29H,1-12,15-18H2,(H,30,33)(H,31,34). The van der Waals surface area contributed by atoms with Gasteiger partial charge in [0.15, 0.2) is 0 Å². The number of nitrogens with one attached hydrogen (secondary N) is 3. The van der Waals surface area contributed by atoms with Crippen LogP contribution in [0.2, 0.25) is 10.0 Å². The van der Waals surface area contributed by atoms with E-state index in [0.717, 1.165) is 51.4 Å². The molecule has 2 aliphatic rings. The minimum atomic E-state index is -3.78. The third-order valence-electron chi connectivity index (χ3n) is 7.07. The van der Waals surface area contributed by atoms with Gasteiger partial charge in [-0.25, -0.2) is 22.7 Å². The van der Waals surface area contributed by atoms with Crippen LogP contribution in [0.15, 0.2) is 23.1 Å². The molecule has 2 saturated carbocycles. The molecule has 3 N–H and O–H groups in total. The van der Waals surface area contributed by atoms with E-state index in [0.29, 0.717) is 24.4 Å². The fourth-order valence-electron chi connectivity index (χ4n) is 4.94. The first-order chi connectivity index (χ1) is 18.2. The number of hydrogen-bond acceptors (Lipinski definition) is 5. The van der Waals surface area contributed by atoms with Crippen LogP contribution in [0, 0.1) is 0 Å². The van der Waals surface area contributed by atoms with Crippen LogP contribution in [0.25, 0.3) is 0 Å². The van der Waals surface area contributed by atoms with Crippen LogP contribution in [0.5, 0.6) is 0 Å². The molecule has 0 saturated heterocycles. The van der Waals surface area contributed by atoms with Crippen LogP contribution >= 0.6 is 23.2 Å². The fraction of sp³-hybridized carbons (Fsp3) is 0.692. The second-order valence-corrected chi connectivity index (χ2v) is 12.6. The van der Waals surface area contributed by atoms with E-state index in [1.54, 1.807) is 4.90 Å². The maximum absolute atomic E-state index is 13.0. The largest absolute Gasteiger partial charge is 0.448 e. The van der Waals surface area contributed by atoms with Gasteiger partial charge in [-0.05, 0) is 56.7 Å². The van der Waals surface area contributed by atoms with Gasteiger partial charge in [0.25, 0.3) is 0 Å². The van der Waals surface area contributed by atoms with Gasteiger partial charge in [-0.15, -0.1) is 0 Å². The first-order valence-corrected chi connectivity index (χ1v) is 15.9. The SMILES string of the molecule is O=C(NC1CCCCC1)OCCN(CCCCNS(=O)(=O)c1ccc(Cl)cc1Cl)C(=O)NC1CCCCC1. The molecule has 0 spiro atoms. The first kappa shape index (κ1) is 30.8. The Morgan fingerprint density at radius 3 is 2.16 bits per heavy atom. The smallest absolute Gasteiger partial charge is 0.407 e. The first-order valence-electron chi connectivity index (χ1n) is 13.7. The number of sulfonamides is 1.